The van der Waals surface area contributed by atoms with Gasteiger partial charge in [0.25, 0.3) is 15.9 Å². The monoisotopic (exact) mass is 561 g/mol. The molecule has 0 heterocycles. The fourth-order valence-corrected chi connectivity index (χ4v) is 5.59. The van der Waals surface area contributed by atoms with E-state index in [1.165, 1.54) is 4.31 Å². The number of hydrogen-bond acceptors (Lipinski definition) is 5. The molecule has 4 aromatic carbocycles. The van der Waals surface area contributed by atoms with E-state index in [1.807, 2.05) is 31.2 Å². The maximum atomic E-state index is 13.7. The zero-order chi connectivity index (χ0) is 28.0. The smallest absolute Gasteiger partial charge is 0.271 e. The first-order chi connectivity index (χ1) is 18.7. The first-order valence-electron chi connectivity index (χ1n) is 12.1. The molecule has 0 atom stereocenters. The predicted molar refractivity (Wildman–Crippen MR) is 155 cm³/mol. The number of nitrogens with one attached hydrogen (secondary N) is 1. The van der Waals surface area contributed by atoms with Crippen LogP contribution in [0.2, 0.25) is 5.02 Å². The quantitative estimate of drug-likeness (QED) is 0.194. The molecule has 0 bridgehead atoms. The Morgan fingerprint density at radius 1 is 0.923 bits per heavy atom. The molecule has 4 rings (SSSR count). The molecule has 0 aliphatic heterocycles. The molecule has 9 heteroatoms. The minimum atomic E-state index is -3.90. The zero-order valence-corrected chi connectivity index (χ0v) is 23.3. The van der Waals surface area contributed by atoms with Crippen LogP contribution in [0, 0.1) is 6.92 Å². The molecule has 200 valence electrons. The van der Waals surface area contributed by atoms with E-state index in [4.69, 9.17) is 16.3 Å². The van der Waals surface area contributed by atoms with Gasteiger partial charge in [0, 0.05) is 10.6 Å². The van der Waals surface area contributed by atoms with Gasteiger partial charge in [0.15, 0.2) is 0 Å². The standard InChI is InChI=1S/C30H28ClN3O4S/c1-21-9-16-26(31)19-29(21)34(39(36,37)28-7-5-4-6-8-28)20-23-10-12-25(13-11-23)30(35)33-32-22(2)24-14-17-27(38-3)18-15-24/h4-19H,20H2,1-3H3,(H,33,35)/b32-22-. The normalized spacial score (nSPS) is 11.6. The van der Waals surface area contributed by atoms with Crippen molar-refractivity contribution in [3.8, 4) is 5.75 Å². The van der Waals surface area contributed by atoms with Gasteiger partial charge in [-0.05, 0) is 91.2 Å². The topological polar surface area (TPSA) is 88.1 Å². The first kappa shape index (κ1) is 27.9. The van der Waals surface area contributed by atoms with Crippen LogP contribution in [-0.2, 0) is 16.6 Å². The van der Waals surface area contributed by atoms with E-state index >= 15 is 0 Å². The number of hydrazone groups is 1. The third kappa shape index (κ3) is 6.66. The van der Waals surface area contributed by atoms with Crippen LogP contribution >= 0.6 is 11.6 Å². The molecule has 0 aliphatic rings. The lowest BCUT2D eigenvalue weighted by Crippen LogP contribution is -2.31. The molecule has 0 aliphatic carbocycles. The molecule has 0 fully saturated rings. The summed E-state index contributed by atoms with van der Waals surface area (Å²) in [5, 5.41) is 4.63. The van der Waals surface area contributed by atoms with E-state index < -0.39 is 10.0 Å². The summed E-state index contributed by atoms with van der Waals surface area (Å²) in [5.74, 6) is 0.352. The minimum Gasteiger partial charge on any atom is -0.497 e. The van der Waals surface area contributed by atoms with Crippen molar-refractivity contribution in [2.24, 2.45) is 5.10 Å². The van der Waals surface area contributed by atoms with Gasteiger partial charge in [0.2, 0.25) is 0 Å². The van der Waals surface area contributed by atoms with Crippen LogP contribution in [-0.4, -0.2) is 27.1 Å². The zero-order valence-electron chi connectivity index (χ0n) is 21.8. The summed E-state index contributed by atoms with van der Waals surface area (Å²) in [6.45, 7) is 3.68. The molecule has 0 spiro atoms. The Morgan fingerprint density at radius 3 is 2.21 bits per heavy atom. The van der Waals surface area contributed by atoms with Crippen LogP contribution < -0.4 is 14.5 Å². The Balaban J connectivity index is 1.55. The van der Waals surface area contributed by atoms with Crippen LogP contribution in [0.5, 0.6) is 5.75 Å². The molecule has 0 radical (unpaired) electrons. The van der Waals surface area contributed by atoms with Crippen molar-refractivity contribution in [3.05, 3.63) is 124 Å². The predicted octanol–water partition coefficient (Wildman–Crippen LogP) is 6.21. The van der Waals surface area contributed by atoms with Crippen molar-refractivity contribution in [2.45, 2.75) is 25.3 Å². The Bertz CT molecular complexity index is 1590. The number of amides is 1. The maximum absolute atomic E-state index is 13.7. The molecule has 1 amide bonds. The fraction of sp³-hybridized carbons (Fsp3) is 0.133. The van der Waals surface area contributed by atoms with Crippen molar-refractivity contribution in [1.29, 1.82) is 0 Å². The van der Waals surface area contributed by atoms with Crippen molar-refractivity contribution in [1.82, 2.24) is 5.43 Å². The highest BCUT2D eigenvalue weighted by Crippen LogP contribution is 2.31. The van der Waals surface area contributed by atoms with Gasteiger partial charge in [-0.1, -0.05) is 48.0 Å². The Kier molecular flexibility index (Phi) is 8.69. The summed E-state index contributed by atoms with van der Waals surface area (Å²) in [6.07, 6.45) is 0. The van der Waals surface area contributed by atoms with Gasteiger partial charge in [-0.15, -0.1) is 0 Å². The van der Waals surface area contributed by atoms with Gasteiger partial charge < -0.3 is 4.74 Å². The van der Waals surface area contributed by atoms with Crippen molar-refractivity contribution in [2.75, 3.05) is 11.4 Å². The van der Waals surface area contributed by atoms with Gasteiger partial charge in [0.1, 0.15) is 5.75 Å². The highest BCUT2D eigenvalue weighted by Gasteiger charge is 2.26. The largest absolute Gasteiger partial charge is 0.497 e. The summed E-state index contributed by atoms with van der Waals surface area (Å²) >= 11 is 6.24. The fourth-order valence-electron chi connectivity index (χ4n) is 3.89. The summed E-state index contributed by atoms with van der Waals surface area (Å²) in [6, 6.07) is 27.5. The Morgan fingerprint density at radius 2 is 1.56 bits per heavy atom. The van der Waals surface area contributed by atoms with Crippen LogP contribution in [0.25, 0.3) is 0 Å². The summed E-state index contributed by atoms with van der Waals surface area (Å²) in [5.41, 5.74) is 6.39. The second kappa shape index (κ2) is 12.1. The van der Waals surface area contributed by atoms with Crippen LogP contribution in [0.1, 0.15) is 34.0 Å². The van der Waals surface area contributed by atoms with Crippen LogP contribution in [0.3, 0.4) is 0 Å². The van der Waals surface area contributed by atoms with Gasteiger partial charge in [-0.25, -0.2) is 13.8 Å². The summed E-state index contributed by atoms with van der Waals surface area (Å²) in [4.78, 5) is 12.9. The SMILES string of the molecule is COc1ccc(/C(C)=N\NC(=O)c2ccc(CN(c3cc(Cl)ccc3C)S(=O)(=O)c3ccccc3)cc2)cc1. The van der Waals surface area contributed by atoms with E-state index in [0.29, 0.717) is 27.5 Å². The average Bonchev–Trinajstić information content (AvgIpc) is 2.96. The lowest BCUT2D eigenvalue weighted by Gasteiger charge is -2.26. The van der Waals surface area contributed by atoms with E-state index in [0.717, 1.165) is 16.9 Å². The number of carbonyl (C=O) groups is 1. The summed E-state index contributed by atoms with van der Waals surface area (Å²) in [7, 11) is -2.30. The third-order valence-corrected chi connectivity index (χ3v) is 8.16. The third-order valence-electron chi connectivity index (χ3n) is 6.15. The number of rotatable bonds is 9. The number of carbonyl (C=O) groups excluding carboxylic acids is 1. The van der Waals surface area contributed by atoms with Crippen LogP contribution in [0.15, 0.2) is 107 Å². The van der Waals surface area contributed by atoms with Crippen molar-refractivity contribution < 1.29 is 17.9 Å². The molecular formula is C30H28ClN3O4S. The molecule has 4 aromatic rings. The number of hydrogen-bond donors (Lipinski definition) is 1. The van der Waals surface area contributed by atoms with E-state index in [1.54, 1.807) is 86.8 Å². The van der Waals surface area contributed by atoms with Crippen molar-refractivity contribution in [3.63, 3.8) is 0 Å². The van der Waals surface area contributed by atoms with Gasteiger partial charge in [-0.3, -0.25) is 9.10 Å². The number of halogens is 1. The Hall–Kier alpha value is -4.14. The number of aryl methyl sites for hydroxylation is 1. The van der Waals surface area contributed by atoms with E-state index in [9.17, 15) is 13.2 Å². The summed E-state index contributed by atoms with van der Waals surface area (Å²) < 4.78 is 33.8. The van der Waals surface area contributed by atoms with Crippen LogP contribution in [0.4, 0.5) is 5.69 Å². The number of anilines is 1. The highest BCUT2D eigenvalue weighted by molar-refractivity contribution is 7.92. The lowest BCUT2D eigenvalue weighted by atomic mass is 10.1. The minimum absolute atomic E-state index is 0.0506. The molecule has 0 saturated carbocycles. The lowest BCUT2D eigenvalue weighted by molar-refractivity contribution is 0.0955. The second-order valence-corrected chi connectivity index (χ2v) is 11.1. The molecule has 0 unspecified atom stereocenters. The number of nitrogens with zero attached hydrogens (tertiary/aromatic N) is 2. The van der Waals surface area contributed by atoms with Gasteiger partial charge in [0.05, 0.1) is 29.9 Å². The molecule has 39 heavy (non-hydrogen) atoms. The van der Waals surface area contributed by atoms with E-state index in [-0.39, 0.29) is 17.3 Å². The molecule has 1 N–H and O–H groups in total. The molecule has 7 nitrogen and oxygen atoms in total. The number of benzene rings is 4. The van der Waals surface area contributed by atoms with E-state index in [2.05, 4.69) is 10.5 Å². The number of ether oxygens (including phenoxy) is 1. The number of methoxy groups -OCH3 is 1. The average molecular weight is 562 g/mol. The first-order valence-corrected chi connectivity index (χ1v) is 13.9. The van der Waals surface area contributed by atoms with Gasteiger partial charge >= 0.3 is 0 Å². The maximum Gasteiger partial charge on any atom is 0.271 e. The number of sulfonamides is 1. The molecule has 0 aromatic heterocycles. The Labute approximate surface area is 233 Å². The molecule has 0 saturated heterocycles. The highest BCUT2D eigenvalue weighted by atomic mass is 35.5. The van der Waals surface area contributed by atoms with Gasteiger partial charge in [-0.2, -0.15) is 5.10 Å². The molecular weight excluding hydrogens is 534 g/mol. The van der Waals surface area contributed by atoms with Crippen molar-refractivity contribution >= 4 is 38.9 Å². The second-order valence-electron chi connectivity index (χ2n) is 8.82.